The van der Waals surface area contributed by atoms with Crippen LogP contribution in [0.3, 0.4) is 0 Å². The van der Waals surface area contributed by atoms with Gasteiger partial charge in [-0.3, -0.25) is 0 Å². The van der Waals surface area contributed by atoms with E-state index in [9.17, 15) is 0 Å². The summed E-state index contributed by atoms with van der Waals surface area (Å²) in [7, 11) is 2.11. The molecule has 0 spiro atoms. The Labute approximate surface area is 136 Å². The van der Waals surface area contributed by atoms with Gasteiger partial charge in [0.25, 0.3) is 0 Å². The Bertz CT molecular complexity index is 608. The van der Waals surface area contributed by atoms with Crippen molar-refractivity contribution in [3.8, 4) is 0 Å². The van der Waals surface area contributed by atoms with Gasteiger partial charge in [0.15, 0.2) is 0 Å². The fourth-order valence-electron chi connectivity index (χ4n) is 2.32. The molecule has 2 aromatic carbocycles. The van der Waals surface area contributed by atoms with Crippen LogP contribution in [0.1, 0.15) is 25.0 Å². The number of nitrogens with one attached hydrogen (secondary N) is 1. The van der Waals surface area contributed by atoms with E-state index in [1.165, 1.54) is 22.5 Å². The predicted molar refractivity (Wildman–Crippen MR) is 95.4 cm³/mol. The molecule has 2 aromatic rings. The van der Waals surface area contributed by atoms with Gasteiger partial charge in [-0.05, 0) is 52.2 Å². The molecule has 0 amide bonds. The van der Waals surface area contributed by atoms with Gasteiger partial charge in [0, 0.05) is 29.8 Å². The first-order valence-electron chi connectivity index (χ1n) is 7.30. The molecule has 1 N–H and O–H groups in total. The number of halogens is 1. The molecule has 3 heteroatoms. The third-order valence-corrected chi connectivity index (χ3v) is 4.20. The maximum atomic E-state index is 3.71. The summed E-state index contributed by atoms with van der Waals surface area (Å²) in [5, 5.41) is 3.44. The van der Waals surface area contributed by atoms with Crippen LogP contribution in [0, 0.1) is 6.92 Å². The maximum Gasteiger partial charge on any atom is 0.0552 e. The van der Waals surface area contributed by atoms with Crippen LogP contribution in [0.5, 0.6) is 0 Å². The molecule has 2 nitrogen and oxygen atoms in total. The van der Waals surface area contributed by atoms with Gasteiger partial charge in [0.1, 0.15) is 0 Å². The molecule has 2 rings (SSSR count). The summed E-state index contributed by atoms with van der Waals surface area (Å²) in [6.07, 6.45) is 0. The molecule has 0 fully saturated rings. The molecule has 0 aliphatic rings. The topological polar surface area (TPSA) is 15.3 Å². The number of para-hydroxylation sites is 1. The molecule has 0 atom stereocenters. The minimum Gasteiger partial charge on any atom is -0.343 e. The molecule has 0 bridgehead atoms. The van der Waals surface area contributed by atoms with Crippen LogP contribution in [0.15, 0.2) is 46.9 Å². The average Bonchev–Trinajstić information content (AvgIpc) is 2.45. The van der Waals surface area contributed by atoms with Crippen molar-refractivity contribution in [2.75, 3.05) is 11.9 Å². The van der Waals surface area contributed by atoms with E-state index in [-0.39, 0.29) is 0 Å². The zero-order valence-electron chi connectivity index (χ0n) is 13.2. The Morgan fingerprint density at radius 1 is 1.10 bits per heavy atom. The van der Waals surface area contributed by atoms with E-state index in [2.05, 4.69) is 96.4 Å². The molecular weight excluding hydrogens is 324 g/mol. The Balaban J connectivity index is 2.23. The van der Waals surface area contributed by atoms with Crippen LogP contribution in [-0.2, 0) is 6.54 Å². The summed E-state index contributed by atoms with van der Waals surface area (Å²) in [5.41, 5.74) is 4.97. The molecule has 0 heterocycles. The van der Waals surface area contributed by atoms with E-state index in [1.807, 2.05) is 0 Å². The molecule has 0 aliphatic heterocycles. The summed E-state index contributed by atoms with van der Waals surface area (Å²) in [6, 6.07) is 15.5. The van der Waals surface area contributed by atoms with Gasteiger partial charge < -0.3 is 10.2 Å². The van der Waals surface area contributed by atoms with Crippen molar-refractivity contribution in [1.29, 1.82) is 0 Å². The first-order chi connectivity index (χ1) is 9.99. The number of aryl methyl sites for hydroxylation is 1. The van der Waals surface area contributed by atoms with Crippen molar-refractivity contribution in [2.24, 2.45) is 0 Å². The van der Waals surface area contributed by atoms with Crippen LogP contribution in [0.2, 0.25) is 0 Å². The van der Waals surface area contributed by atoms with Crippen LogP contribution in [-0.4, -0.2) is 13.1 Å². The molecular formula is C18H23BrN2. The summed E-state index contributed by atoms with van der Waals surface area (Å²) in [6.45, 7) is 7.36. The number of benzene rings is 2. The predicted octanol–water partition coefficient (Wildman–Crippen LogP) is 5.02. The lowest BCUT2D eigenvalue weighted by molar-refractivity contribution is 0.589. The number of hydrogen-bond donors (Lipinski definition) is 1. The number of anilines is 2. The Hall–Kier alpha value is -1.32. The number of hydrogen-bond acceptors (Lipinski definition) is 2. The number of rotatable bonds is 5. The second-order valence-corrected chi connectivity index (χ2v) is 6.52. The van der Waals surface area contributed by atoms with Crippen molar-refractivity contribution in [3.05, 3.63) is 58.1 Å². The molecule has 0 aromatic heterocycles. The Morgan fingerprint density at radius 2 is 1.81 bits per heavy atom. The molecule has 112 valence electrons. The normalized spacial score (nSPS) is 11.0. The molecule has 21 heavy (non-hydrogen) atoms. The highest BCUT2D eigenvalue weighted by atomic mass is 79.9. The Kier molecular flexibility index (Phi) is 5.43. The summed E-state index contributed by atoms with van der Waals surface area (Å²) in [5.74, 6) is 0. The molecule has 0 saturated heterocycles. The van der Waals surface area contributed by atoms with Gasteiger partial charge >= 0.3 is 0 Å². The smallest absolute Gasteiger partial charge is 0.0552 e. The van der Waals surface area contributed by atoms with Crippen molar-refractivity contribution >= 4 is 27.3 Å². The highest BCUT2D eigenvalue weighted by Gasteiger charge is 2.10. The van der Waals surface area contributed by atoms with Crippen LogP contribution in [0.25, 0.3) is 0 Å². The fraction of sp³-hybridized carbons (Fsp3) is 0.333. The highest BCUT2D eigenvalue weighted by Crippen LogP contribution is 2.33. The van der Waals surface area contributed by atoms with E-state index < -0.39 is 0 Å². The lowest BCUT2D eigenvalue weighted by Crippen LogP contribution is -2.21. The summed E-state index contributed by atoms with van der Waals surface area (Å²) < 4.78 is 1.12. The van der Waals surface area contributed by atoms with Gasteiger partial charge in [-0.25, -0.2) is 0 Å². The largest absolute Gasteiger partial charge is 0.343 e. The van der Waals surface area contributed by atoms with Gasteiger partial charge in [0.2, 0.25) is 0 Å². The lowest BCUT2D eigenvalue weighted by atomic mass is 10.1. The second-order valence-electron chi connectivity index (χ2n) is 5.67. The molecule has 0 unspecified atom stereocenters. The molecule has 0 radical (unpaired) electrons. The van der Waals surface area contributed by atoms with Crippen molar-refractivity contribution in [2.45, 2.75) is 33.4 Å². The second kappa shape index (κ2) is 7.10. The van der Waals surface area contributed by atoms with Gasteiger partial charge in [-0.15, -0.1) is 0 Å². The standard InChI is InChI=1S/C18H23BrN2/c1-13(2)20-12-15-9-10-18(16(19)11-15)21(4)17-8-6-5-7-14(17)3/h5-11,13,20H,12H2,1-4H3. The molecule has 0 saturated carbocycles. The minimum absolute atomic E-state index is 0.498. The Morgan fingerprint density at radius 3 is 2.43 bits per heavy atom. The minimum atomic E-state index is 0.498. The summed E-state index contributed by atoms with van der Waals surface area (Å²) in [4.78, 5) is 2.22. The van der Waals surface area contributed by atoms with Gasteiger partial charge in [0.05, 0.1) is 5.69 Å². The zero-order valence-corrected chi connectivity index (χ0v) is 14.7. The lowest BCUT2D eigenvalue weighted by Gasteiger charge is -2.23. The first kappa shape index (κ1) is 16.1. The average molecular weight is 347 g/mol. The third kappa shape index (κ3) is 4.08. The van der Waals surface area contributed by atoms with Crippen molar-refractivity contribution in [1.82, 2.24) is 5.32 Å². The third-order valence-electron chi connectivity index (χ3n) is 3.56. The SMILES string of the molecule is Cc1ccccc1N(C)c1ccc(CNC(C)C)cc1Br. The molecule has 0 aliphatic carbocycles. The summed E-state index contributed by atoms with van der Waals surface area (Å²) >= 11 is 3.71. The number of nitrogens with zero attached hydrogens (tertiary/aromatic N) is 1. The van der Waals surface area contributed by atoms with Crippen molar-refractivity contribution in [3.63, 3.8) is 0 Å². The zero-order chi connectivity index (χ0) is 15.4. The quantitative estimate of drug-likeness (QED) is 0.817. The van der Waals surface area contributed by atoms with Crippen LogP contribution in [0.4, 0.5) is 11.4 Å². The highest BCUT2D eigenvalue weighted by molar-refractivity contribution is 9.10. The maximum absolute atomic E-state index is 3.71. The van der Waals surface area contributed by atoms with Crippen LogP contribution < -0.4 is 10.2 Å². The first-order valence-corrected chi connectivity index (χ1v) is 8.09. The van der Waals surface area contributed by atoms with Crippen molar-refractivity contribution < 1.29 is 0 Å². The van der Waals surface area contributed by atoms with Gasteiger partial charge in [-0.2, -0.15) is 0 Å². The van der Waals surface area contributed by atoms with E-state index in [0.717, 1.165) is 11.0 Å². The van der Waals surface area contributed by atoms with E-state index in [0.29, 0.717) is 6.04 Å². The van der Waals surface area contributed by atoms with E-state index in [4.69, 9.17) is 0 Å². The fourth-order valence-corrected chi connectivity index (χ4v) is 3.02. The van der Waals surface area contributed by atoms with E-state index in [1.54, 1.807) is 0 Å². The van der Waals surface area contributed by atoms with Crippen LogP contribution >= 0.6 is 15.9 Å². The van der Waals surface area contributed by atoms with Gasteiger partial charge in [-0.1, -0.05) is 38.1 Å². The monoisotopic (exact) mass is 346 g/mol. The van der Waals surface area contributed by atoms with E-state index >= 15 is 0 Å².